The number of nitrogens with two attached hydrogens (primary N) is 1. The number of pyridine rings is 1. The first-order valence-corrected chi connectivity index (χ1v) is 4.98. The number of nitrogens with zero attached hydrogens (tertiary/aromatic N) is 1. The molecule has 0 spiro atoms. The van der Waals surface area contributed by atoms with Gasteiger partial charge in [0.2, 0.25) is 0 Å². The highest BCUT2D eigenvalue weighted by Gasteiger charge is 2.09. The van der Waals surface area contributed by atoms with E-state index in [0.717, 1.165) is 18.7 Å². The van der Waals surface area contributed by atoms with Crippen molar-refractivity contribution in [1.29, 1.82) is 0 Å². The fourth-order valence-corrected chi connectivity index (χ4v) is 1.67. The zero-order chi connectivity index (χ0) is 9.80. The number of nitrogen functional groups attached to an aromatic ring is 1. The Morgan fingerprint density at radius 3 is 3.00 bits per heavy atom. The van der Waals surface area contributed by atoms with Crippen molar-refractivity contribution in [2.45, 2.75) is 25.3 Å². The Morgan fingerprint density at radius 1 is 1.36 bits per heavy atom. The average molecular weight is 189 g/mol. The highest BCUT2D eigenvalue weighted by atomic mass is 15.0. The minimum atomic E-state index is 0.509. The quantitative estimate of drug-likeness (QED) is 0.701. The summed E-state index contributed by atoms with van der Waals surface area (Å²) in [5, 5.41) is 3.38. The van der Waals surface area contributed by atoms with Crippen LogP contribution in [-0.4, -0.2) is 11.0 Å². The van der Waals surface area contributed by atoms with Crippen LogP contribution in [0.1, 0.15) is 19.3 Å². The Bertz CT molecular complexity index is 333. The van der Waals surface area contributed by atoms with Gasteiger partial charge in [-0.25, -0.2) is 4.98 Å². The smallest absolute Gasteiger partial charge is 0.128 e. The highest BCUT2D eigenvalue weighted by Crippen LogP contribution is 2.16. The lowest BCUT2D eigenvalue weighted by molar-refractivity contribution is 0.642. The summed E-state index contributed by atoms with van der Waals surface area (Å²) in [7, 11) is 0. The van der Waals surface area contributed by atoms with E-state index in [1.54, 1.807) is 6.07 Å². The van der Waals surface area contributed by atoms with Gasteiger partial charge >= 0.3 is 0 Å². The summed E-state index contributed by atoms with van der Waals surface area (Å²) in [6, 6.07) is 6.18. The molecule has 0 saturated carbocycles. The minimum absolute atomic E-state index is 0.509. The third-order valence-electron chi connectivity index (χ3n) is 2.39. The third kappa shape index (κ3) is 2.25. The first-order chi connectivity index (χ1) is 6.84. The highest BCUT2D eigenvalue weighted by molar-refractivity contribution is 5.43. The minimum Gasteiger partial charge on any atom is -0.384 e. The van der Waals surface area contributed by atoms with E-state index in [9.17, 15) is 0 Å². The van der Waals surface area contributed by atoms with E-state index in [0.29, 0.717) is 11.9 Å². The topological polar surface area (TPSA) is 50.9 Å². The van der Waals surface area contributed by atoms with Crippen LogP contribution in [0.4, 0.5) is 11.6 Å². The molecule has 1 heterocycles. The summed E-state index contributed by atoms with van der Waals surface area (Å²) in [5.41, 5.74) is 5.60. The van der Waals surface area contributed by atoms with Crippen LogP contribution < -0.4 is 11.1 Å². The van der Waals surface area contributed by atoms with Gasteiger partial charge in [0.25, 0.3) is 0 Å². The summed E-state index contributed by atoms with van der Waals surface area (Å²) >= 11 is 0. The van der Waals surface area contributed by atoms with E-state index >= 15 is 0 Å². The lowest BCUT2D eigenvalue weighted by atomic mass is 10.0. The molecule has 1 aliphatic carbocycles. The fraction of sp³-hybridized carbons (Fsp3) is 0.364. The van der Waals surface area contributed by atoms with Crippen molar-refractivity contribution >= 4 is 11.6 Å². The lowest BCUT2D eigenvalue weighted by Gasteiger charge is -2.19. The molecule has 0 radical (unpaired) electrons. The van der Waals surface area contributed by atoms with Gasteiger partial charge in [-0.3, -0.25) is 0 Å². The predicted octanol–water partition coefficient (Wildman–Crippen LogP) is 2.18. The molecule has 0 bridgehead atoms. The van der Waals surface area contributed by atoms with Crippen LogP contribution in [0, 0.1) is 0 Å². The molecular weight excluding hydrogens is 174 g/mol. The first kappa shape index (κ1) is 9.06. The molecule has 3 heteroatoms. The Balaban J connectivity index is 1.99. The van der Waals surface area contributed by atoms with Crippen LogP contribution in [0.25, 0.3) is 0 Å². The SMILES string of the molecule is Nc1cccc(NC2CC=CCC2)n1. The van der Waals surface area contributed by atoms with Crippen LogP contribution in [-0.2, 0) is 0 Å². The van der Waals surface area contributed by atoms with E-state index in [1.807, 2.05) is 12.1 Å². The lowest BCUT2D eigenvalue weighted by Crippen LogP contribution is -2.20. The normalized spacial score (nSPS) is 20.7. The van der Waals surface area contributed by atoms with Crippen LogP contribution in [0.5, 0.6) is 0 Å². The first-order valence-electron chi connectivity index (χ1n) is 4.98. The van der Waals surface area contributed by atoms with Gasteiger partial charge in [0, 0.05) is 6.04 Å². The third-order valence-corrected chi connectivity index (χ3v) is 2.39. The second-order valence-electron chi connectivity index (χ2n) is 3.57. The van der Waals surface area contributed by atoms with Crippen molar-refractivity contribution in [3.63, 3.8) is 0 Å². The van der Waals surface area contributed by atoms with Gasteiger partial charge in [-0.15, -0.1) is 0 Å². The van der Waals surface area contributed by atoms with Gasteiger partial charge in [-0.1, -0.05) is 18.2 Å². The molecule has 1 aliphatic rings. The molecule has 1 aromatic heterocycles. The number of aromatic nitrogens is 1. The molecule has 74 valence electrons. The second-order valence-corrected chi connectivity index (χ2v) is 3.57. The number of rotatable bonds is 2. The second kappa shape index (κ2) is 4.13. The predicted molar refractivity (Wildman–Crippen MR) is 59.1 cm³/mol. The van der Waals surface area contributed by atoms with Gasteiger partial charge < -0.3 is 11.1 Å². The van der Waals surface area contributed by atoms with Crippen LogP contribution in [0.15, 0.2) is 30.4 Å². The molecule has 0 aliphatic heterocycles. The molecule has 1 unspecified atom stereocenters. The van der Waals surface area contributed by atoms with Crippen LogP contribution in [0.3, 0.4) is 0 Å². The number of allylic oxidation sites excluding steroid dienone is 1. The Kier molecular flexibility index (Phi) is 2.68. The molecule has 2 rings (SSSR count). The fourth-order valence-electron chi connectivity index (χ4n) is 1.67. The van der Waals surface area contributed by atoms with Crippen molar-refractivity contribution in [1.82, 2.24) is 4.98 Å². The summed E-state index contributed by atoms with van der Waals surface area (Å²) in [6.07, 6.45) is 7.85. The van der Waals surface area contributed by atoms with Crippen LogP contribution in [0.2, 0.25) is 0 Å². The average Bonchev–Trinajstić information content (AvgIpc) is 2.19. The number of anilines is 2. The Hall–Kier alpha value is -1.51. The van der Waals surface area contributed by atoms with Crippen molar-refractivity contribution in [3.05, 3.63) is 30.4 Å². The number of nitrogens with one attached hydrogen (secondary N) is 1. The van der Waals surface area contributed by atoms with Crippen LogP contribution >= 0.6 is 0 Å². The Morgan fingerprint density at radius 2 is 2.29 bits per heavy atom. The van der Waals surface area contributed by atoms with E-state index in [4.69, 9.17) is 5.73 Å². The van der Waals surface area contributed by atoms with Gasteiger partial charge in [0.15, 0.2) is 0 Å². The molecule has 14 heavy (non-hydrogen) atoms. The number of hydrogen-bond acceptors (Lipinski definition) is 3. The Labute approximate surface area is 84.0 Å². The van der Waals surface area contributed by atoms with Gasteiger partial charge in [0.1, 0.15) is 11.6 Å². The van der Waals surface area contributed by atoms with E-state index in [1.165, 1.54) is 6.42 Å². The van der Waals surface area contributed by atoms with E-state index in [-0.39, 0.29) is 0 Å². The van der Waals surface area contributed by atoms with E-state index < -0.39 is 0 Å². The summed E-state index contributed by atoms with van der Waals surface area (Å²) in [5.74, 6) is 1.45. The maximum absolute atomic E-state index is 5.60. The molecule has 3 N–H and O–H groups in total. The van der Waals surface area contributed by atoms with Crippen molar-refractivity contribution in [3.8, 4) is 0 Å². The van der Waals surface area contributed by atoms with Gasteiger partial charge in [0.05, 0.1) is 0 Å². The summed E-state index contributed by atoms with van der Waals surface area (Å²) in [4.78, 5) is 4.21. The molecule has 0 amide bonds. The van der Waals surface area contributed by atoms with Crippen molar-refractivity contribution < 1.29 is 0 Å². The zero-order valence-corrected chi connectivity index (χ0v) is 8.11. The molecule has 0 aromatic carbocycles. The van der Waals surface area contributed by atoms with E-state index in [2.05, 4.69) is 22.5 Å². The monoisotopic (exact) mass is 189 g/mol. The maximum Gasteiger partial charge on any atom is 0.128 e. The molecule has 0 saturated heterocycles. The largest absolute Gasteiger partial charge is 0.384 e. The summed E-state index contributed by atoms with van der Waals surface area (Å²) < 4.78 is 0. The molecule has 3 nitrogen and oxygen atoms in total. The number of hydrogen-bond donors (Lipinski definition) is 2. The molecule has 1 aromatic rings. The van der Waals surface area contributed by atoms with Gasteiger partial charge in [-0.2, -0.15) is 0 Å². The molecular formula is C11H15N3. The van der Waals surface area contributed by atoms with Gasteiger partial charge in [-0.05, 0) is 31.4 Å². The summed E-state index contributed by atoms with van der Waals surface area (Å²) in [6.45, 7) is 0. The van der Waals surface area contributed by atoms with Crippen molar-refractivity contribution in [2.24, 2.45) is 0 Å². The zero-order valence-electron chi connectivity index (χ0n) is 8.11. The van der Waals surface area contributed by atoms with Crippen molar-refractivity contribution in [2.75, 3.05) is 11.1 Å². The molecule has 0 fully saturated rings. The molecule has 1 atom stereocenters. The standard InChI is InChI=1S/C11H15N3/c12-10-7-4-8-11(14-10)13-9-5-2-1-3-6-9/h1-2,4,7-9H,3,5-6H2,(H3,12,13,14). The maximum atomic E-state index is 5.60.